The Morgan fingerprint density at radius 2 is 2.00 bits per heavy atom. The van der Waals surface area contributed by atoms with Crippen LogP contribution >= 0.6 is 11.3 Å². The molecule has 0 aliphatic heterocycles. The Morgan fingerprint density at radius 3 is 2.73 bits per heavy atom. The molecule has 1 aromatic carbocycles. The van der Waals surface area contributed by atoms with Gasteiger partial charge in [-0.05, 0) is 48.9 Å². The largest absolute Gasteiger partial charge is 0.465 e. The van der Waals surface area contributed by atoms with Crippen molar-refractivity contribution in [1.29, 1.82) is 0 Å². The van der Waals surface area contributed by atoms with E-state index in [9.17, 15) is 18.4 Å². The fraction of sp³-hybridized carbons (Fsp3) is 0.105. The molecule has 0 aliphatic rings. The van der Waals surface area contributed by atoms with Gasteiger partial charge in [-0.25, -0.2) is 18.6 Å². The first-order valence-electron chi connectivity index (χ1n) is 7.55. The minimum Gasteiger partial charge on any atom is -0.465 e. The van der Waals surface area contributed by atoms with E-state index in [-0.39, 0.29) is 11.1 Å². The first kappa shape index (κ1) is 17.9. The lowest BCUT2D eigenvalue weighted by atomic mass is 10.1. The maximum Gasteiger partial charge on any atom is 0.348 e. The summed E-state index contributed by atoms with van der Waals surface area (Å²) in [5, 5.41) is 0.673. The number of nitrogens with zero attached hydrogens (tertiary/aromatic N) is 1. The number of fused-ring (bicyclic) bond motifs is 1. The lowest BCUT2D eigenvalue weighted by molar-refractivity contribution is 0.0605. The van der Waals surface area contributed by atoms with Crippen molar-refractivity contribution < 1.29 is 23.1 Å². The van der Waals surface area contributed by atoms with E-state index >= 15 is 0 Å². The van der Waals surface area contributed by atoms with Gasteiger partial charge in [0.1, 0.15) is 21.3 Å². The fourth-order valence-electron chi connectivity index (χ4n) is 2.42. The van der Waals surface area contributed by atoms with Crippen LogP contribution in [0.15, 0.2) is 36.5 Å². The van der Waals surface area contributed by atoms with Crippen molar-refractivity contribution in [3.05, 3.63) is 69.7 Å². The summed E-state index contributed by atoms with van der Waals surface area (Å²) < 4.78 is 31.5. The number of ether oxygens (including phenoxy) is 1. The number of carbonyl (C=O) groups is 2. The van der Waals surface area contributed by atoms with E-state index in [0.29, 0.717) is 20.7 Å². The SMILES string of the molecule is COC(=O)c1sc2ncc(C(=O)/C=C/c3cc(F)ccc3F)cc2c1C. The van der Waals surface area contributed by atoms with Gasteiger partial charge in [0.05, 0.1) is 7.11 Å². The Hall–Kier alpha value is -2.93. The summed E-state index contributed by atoms with van der Waals surface area (Å²) in [7, 11) is 1.30. The number of halogens is 2. The van der Waals surface area contributed by atoms with E-state index < -0.39 is 23.4 Å². The van der Waals surface area contributed by atoms with Gasteiger partial charge < -0.3 is 4.74 Å². The number of allylic oxidation sites excluding steroid dienone is 1. The molecule has 0 radical (unpaired) electrons. The van der Waals surface area contributed by atoms with Gasteiger partial charge >= 0.3 is 5.97 Å². The average molecular weight is 373 g/mol. The molecule has 0 N–H and O–H groups in total. The van der Waals surface area contributed by atoms with Gasteiger partial charge in [-0.2, -0.15) is 0 Å². The number of hydrogen-bond acceptors (Lipinski definition) is 5. The molecule has 0 saturated heterocycles. The molecule has 0 unspecified atom stereocenters. The highest BCUT2D eigenvalue weighted by Crippen LogP contribution is 2.30. The normalized spacial score (nSPS) is 11.2. The highest BCUT2D eigenvalue weighted by molar-refractivity contribution is 7.20. The molecule has 132 valence electrons. The summed E-state index contributed by atoms with van der Waals surface area (Å²) in [5.74, 6) is -2.08. The Kier molecular flexibility index (Phi) is 4.90. The topological polar surface area (TPSA) is 56.3 Å². The molecule has 0 bridgehead atoms. The average Bonchev–Trinajstić information content (AvgIpc) is 2.97. The molecule has 4 nitrogen and oxygen atoms in total. The maximum atomic E-state index is 13.6. The van der Waals surface area contributed by atoms with Gasteiger partial charge in [-0.15, -0.1) is 11.3 Å². The van der Waals surface area contributed by atoms with Gasteiger partial charge in [0.2, 0.25) is 0 Å². The molecule has 2 heterocycles. The third-order valence-electron chi connectivity index (χ3n) is 3.82. The summed E-state index contributed by atoms with van der Waals surface area (Å²) in [6.07, 6.45) is 3.75. The molecule has 26 heavy (non-hydrogen) atoms. The highest BCUT2D eigenvalue weighted by atomic mass is 32.1. The molecule has 7 heteroatoms. The minimum atomic E-state index is -0.625. The Bertz CT molecular complexity index is 1060. The minimum absolute atomic E-state index is 0.0212. The molecule has 0 spiro atoms. The number of methoxy groups -OCH3 is 1. The number of aryl methyl sites for hydroxylation is 1. The van der Waals surface area contributed by atoms with E-state index in [1.165, 1.54) is 30.7 Å². The quantitative estimate of drug-likeness (QED) is 0.382. The molecule has 0 amide bonds. The van der Waals surface area contributed by atoms with Crippen molar-refractivity contribution in [2.45, 2.75) is 6.92 Å². The van der Waals surface area contributed by atoms with Crippen LogP contribution in [0.5, 0.6) is 0 Å². The second-order valence-corrected chi connectivity index (χ2v) is 6.49. The van der Waals surface area contributed by atoms with E-state index in [4.69, 9.17) is 4.74 Å². The standard InChI is InChI=1S/C19H13F2NO3S/c1-10-14-8-12(9-22-18(14)26-17(10)19(24)25-2)16(23)6-3-11-7-13(20)4-5-15(11)21/h3-9H,1-2H3/b6-3+. The summed E-state index contributed by atoms with van der Waals surface area (Å²) in [5.41, 5.74) is 0.939. The number of benzene rings is 1. The second kappa shape index (κ2) is 7.13. The molecule has 0 fully saturated rings. The molecule has 3 rings (SSSR count). The third-order valence-corrected chi connectivity index (χ3v) is 5.02. The zero-order valence-electron chi connectivity index (χ0n) is 13.9. The van der Waals surface area contributed by atoms with Crippen molar-refractivity contribution in [3.63, 3.8) is 0 Å². The Morgan fingerprint density at radius 1 is 1.23 bits per heavy atom. The fourth-order valence-corrected chi connectivity index (χ4v) is 3.47. The van der Waals surface area contributed by atoms with Crippen LogP contribution < -0.4 is 0 Å². The number of hydrogen-bond donors (Lipinski definition) is 0. The van der Waals surface area contributed by atoms with Crippen LogP contribution in [0.4, 0.5) is 8.78 Å². The van der Waals surface area contributed by atoms with E-state index in [2.05, 4.69) is 4.98 Å². The molecule has 3 aromatic rings. The van der Waals surface area contributed by atoms with Gasteiger partial charge in [0.25, 0.3) is 0 Å². The highest BCUT2D eigenvalue weighted by Gasteiger charge is 2.17. The van der Waals surface area contributed by atoms with Gasteiger partial charge in [0, 0.05) is 22.7 Å². The van der Waals surface area contributed by atoms with Crippen LogP contribution in [0.3, 0.4) is 0 Å². The van der Waals surface area contributed by atoms with E-state index in [1.54, 1.807) is 13.0 Å². The first-order chi connectivity index (χ1) is 12.4. The van der Waals surface area contributed by atoms with Crippen LogP contribution in [-0.2, 0) is 4.74 Å². The van der Waals surface area contributed by atoms with Gasteiger partial charge in [-0.1, -0.05) is 0 Å². The van der Waals surface area contributed by atoms with Crippen molar-refractivity contribution in [3.8, 4) is 0 Å². The molecule has 2 aromatic heterocycles. The van der Waals surface area contributed by atoms with Gasteiger partial charge in [0.15, 0.2) is 5.78 Å². The number of pyridine rings is 1. The zero-order valence-corrected chi connectivity index (χ0v) is 14.7. The van der Waals surface area contributed by atoms with Crippen LogP contribution in [0.1, 0.15) is 31.2 Å². The Labute approximate surface area is 151 Å². The summed E-state index contributed by atoms with van der Waals surface area (Å²) >= 11 is 1.18. The maximum absolute atomic E-state index is 13.6. The van der Waals surface area contributed by atoms with Crippen LogP contribution in [0, 0.1) is 18.6 Å². The Balaban J connectivity index is 1.93. The summed E-state index contributed by atoms with van der Waals surface area (Å²) in [6, 6.07) is 4.63. The van der Waals surface area contributed by atoms with Crippen LogP contribution in [0.25, 0.3) is 16.3 Å². The van der Waals surface area contributed by atoms with Gasteiger partial charge in [-0.3, -0.25) is 4.79 Å². The zero-order chi connectivity index (χ0) is 18.8. The lowest BCUT2D eigenvalue weighted by Crippen LogP contribution is -1.99. The number of thiophene rings is 1. The second-order valence-electron chi connectivity index (χ2n) is 5.49. The molecule has 0 aliphatic carbocycles. The van der Waals surface area contributed by atoms with Crippen molar-refractivity contribution in [1.82, 2.24) is 4.98 Å². The van der Waals surface area contributed by atoms with Crippen molar-refractivity contribution >= 4 is 39.4 Å². The van der Waals surface area contributed by atoms with Crippen molar-refractivity contribution in [2.75, 3.05) is 7.11 Å². The molecular weight excluding hydrogens is 360 g/mol. The molecular formula is C19H13F2NO3S. The van der Waals surface area contributed by atoms with Crippen molar-refractivity contribution in [2.24, 2.45) is 0 Å². The number of ketones is 1. The monoisotopic (exact) mass is 373 g/mol. The van der Waals surface area contributed by atoms with Crippen LogP contribution in [-0.4, -0.2) is 23.8 Å². The van der Waals surface area contributed by atoms with E-state index in [1.807, 2.05) is 0 Å². The van der Waals surface area contributed by atoms with Crippen LogP contribution in [0.2, 0.25) is 0 Å². The third kappa shape index (κ3) is 3.39. The lowest BCUT2D eigenvalue weighted by Gasteiger charge is -1.99. The molecule has 0 saturated carbocycles. The number of rotatable bonds is 4. The summed E-state index contributed by atoms with van der Waals surface area (Å²) in [6.45, 7) is 1.75. The number of carbonyl (C=O) groups excluding carboxylic acids is 2. The predicted octanol–water partition coefficient (Wildman–Crippen LogP) is 4.57. The van der Waals surface area contributed by atoms with E-state index in [0.717, 1.165) is 24.3 Å². The predicted molar refractivity (Wildman–Crippen MR) is 95.4 cm³/mol. The number of esters is 1. The smallest absolute Gasteiger partial charge is 0.348 e. The first-order valence-corrected chi connectivity index (χ1v) is 8.37. The number of aromatic nitrogens is 1. The summed E-state index contributed by atoms with van der Waals surface area (Å²) in [4.78, 5) is 29.3. The molecule has 0 atom stereocenters.